The van der Waals surface area contributed by atoms with Crippen molar-refractivity contribution in [2.75, 3.05) is 6.61 Å². The van der Waals surface area contributed by atoms with Crippen LogP contribution >= 0.6 is 0 Å². The van der Waals surface area contributed by atoms with Crippen LogP contribution in [-0.2, 0) is 14.3 Å². The number of Topliss-reactive ketones (excluding diaryl/α,β-unsaturated/α-hetero) is 1. The Balaban J connectivity index is 2.56. The van der Waals surface area contributed by atoms with E-state index in [0.717, 1.165) is 19.3 Å². The molecule has 3 heteroatoms. The number of carbonyl (C=O) groups excluding carboxylic acids is 2. The molecule has 0 bridgehead atoms. The van der Waals surface area contributed by atoms with E-state index in [1.165, 1.54) is 0 Å². The van der Waals surface area contributed by atoms with Crippen molar-refractivity contribution in [3.63, 3.8) is 0 Å². The molecule has 1 fully saturated rings. The molecule has 92 valence electrons. The van der Waals surface area contributed by atoms with Gasteiger partial charge in [-0.2, -0.15) is 0 Å². The van der Waals surface area contributed by atoms with Crippen LogP contribution in [0.3, 0.4) is 0 Å². The van der Waals surface area contributed by atoms with Gasteiger partial charge in [-0.25, -0.2) is 0 Å². The monoisotopic (exact) mass is 226 g/mol. The van der Waals surface area contributed by atoms with Gasteiger partial charge >= 0.3 is 5.97 Å². The first-order valence-electron chi connectivity index (χ1n) is 6.37. The molecule has 0 aromatic heterocycles. The van der Waals surface area contributed by atoms with E-state index in [4.69, 9.17) is 4.74 Å². The van der Waals surface area contributed by atoms with Gasteiger partial charge in [0.15, 0.2) is 0 Å². The minimum atomic E-state index is -0.101. The lowest BCUT2D eigenvalue weighted by atomic mass is 9.76. The van der Waals surface area contributed by atoms with E-state index < -0.39 is 0 Å². The summed E-state index contributed by atoms with van der Waals surface area (Å²) in [4.78, 5) is 23.2. The quantitative estimate of drug-likeness (QED) is 0.677. The Hall–Kier alpha value is -0.860. The Kier molecular flexibility index (Phi) is 5.50. The molecule has 0 spiro atoms. The summed E-state index contributed by atoms with van der Waals surface area (Å²) in [6.45, 7) is 4.39. The Morgan fingerprint density at radius 2 is 2.19 bits per heavy atom. The summed E-state index contributed by atoms with van der Waals surface area (Å²) in [7, 11) is 0. The number of ether oxygens (including phenoxy) is 1. The van der Waals surface area contributed by atoms with Gasteiger partial charge in [0, 0.05) is 12.8 Å². The maximum atomic E-state index is 11.7. The van der Waals surface area contributed by atoms with Crippen molar-refractivity contribution in [2.45, 2.75) is 52.4 Å². The standard InChI is InChI=1S/C13H22O3/c1-3-5-6-10-9-11(14)7-8-12(10)13(15)16-4-2/h10,12H,3-9H2,1-2H3. The third kappa shape index (κ3) is 3.62. The first kappa shape index (κ1) is 13.2. The zero-order valence-corrected chi connectivity index (χ0v) is 10.3. The lowest BCUT2D eigenvalue weighted by Crippen LogP contribution is -2.32. The minimum absolute atomic E-state index is 0.0378. The highest BCUT2D eigenvalue weighted by molar-refractivity contribution is 5.83. The molecule has 0 saturated heterocycles. The van der Waals surface area contributed by atoms with Crippen molar-refractivity contribution < 1.29 is 14.3 Å². The van der Waals surface area contributed by atoms with E-state index in [-0.39, 0.29) is 17.8 Å². The van der Waals surface area contributed by atoms with Gasteiger partial charge < -0.3 is 4.74 Å². The Labute approximate surface area is 97.5 Å². The van der Waals surface area contributed by atoms with Crippen molar-refractivity contribution >= 4 is 11.8 Å². The van der Waals surface area contributed by atoms with Gasteiger partial charge in [-0.1, -0.05) is 19.8 Å². The van der Waals surface area contributed by atoms with Gasteiger partial charge in [0.1, 0.15) is 5.78 Å². The summed E-state index contributed by atoms with van der Waals surface area (Å²) in [6, 6.07) is 0. The Morgan fingerprint density at radius 3 is 2.81 bits per heavy atom. The molecule has 1 aliphatic rings. The number of ketones is 1. The molecule has 0 aromatic rings. The van der Waals surface area contributed by atoms with Crippen LogP contribution in [0.1, 0.15) is 52.4 Å². The number of unbranched alkanes of at least 4 members (excludes halogenated alkanes) is 1. The SMILES string of the molecule is CCCCC1CC(=O)CCC1C(=O)OCC. The summed E-state index contributed by atoms with van der Waals surface area (Å²) in [5.41, 5.74) is 0. The van der Waals surface area contributed by atoms with Gasteiger partial charge in [-0.3, -0.25) is 9.59 Å². The summed E-state index contributed by atoms with van der Waals surface area (Å²) in [5.74, 6) is 0.391. The summed E-state index contributed by atoms with van der Waals surface area (Å²) >= 11 is 0. The molecule has 0 aromatic carbocycles. The second-order valence-electron chi connectivity index (χ2n) is 4.54. The summed E-state index contributed by atoms with van der Waals surface area (Å²) < 4.78 is 5.08. The maximum absolute atomic E-state index is 11.7. The smallest absolute Gasteiger partial charge is 0.309 e. The number of hydrogen-bond donors (Lipinski definition) is 0. The number of carbonyl (C=O) groups is 2. The van der Waals surface area contributed by atoms with Crippen LogP contribution in [0.4, 0.5) is 0 Å². The van der Waals surface area contributed by atoms with Crippen LogP contribution in [0.15, 0.2) is 0 Å². The van der Waals surface area contributed by atoms with Gasteiger partial charge in [0.25, 0.3) is 0 Å². The summed E-state index contributed by atoms with van der Waals surface area (Å²) in [6.07, 6.45) is 4.99. The molecule has 1 rings (SSSR count). The van der Waals surface area contributed by atoms with Crippen LogP contribution in [-0.4, -0.2) is 18.4 Å². The second kappa shape index (κ2) is 6.66. The first-order valence-corrected chi connectivity index (χ1v) is 6.37. The molecule has 0 radical (unpaired) electrons. The van der Waals surface area contributed by atoms with Gasteiger partial charge in [0.05, 0.1) is 12.5 Å². The highest BCUT2D eigenvalue weighted by Gasteiger charge is 2.34. The molecule has 0 N–H and O–H groups in total. The Bertz CT molecular complexity index is 248. The van der Waals surface area contributed by atoms with Crippen molar-refractivity contribution in [3.8, 4) is 0 Å². The highest BCUT2D eigenvalue weighted by atomic mass is 16.5. The average molecular weight is 226 g/mol. The molecule has 3 nitrogen and oxygen atoms in total. The van der Waals surface area contributed by atoms with Gasteiger partial charge in [-0.15, -0.1) is 0 Å². The minimum Gasteiger partial charge on any atom is -0.466 e. The van der Waals surface area contributed by atoms with Crippen LogP contribution in [0, 0.1) is 11.8 Å². The molecular formula is C13H22O3. The third-order valence-electron chi connectivity index (χ3n) is 3.31. The fraction of sp³-hybridized carbons (Fsp3) is 0.846. The van der Waals surface area contributed by atoms with Crippen LogP contribution in [0.25, 0.3) is 0 Å². The fourth-order valence-corrected chi connectivity index (χ4v) is 2.42. The maximum Gasteiger partial charge on any atom is 0.309 e. The highest BCUT2D eigenvalue weighted by Crippen LogP contribution is 2.32. The van der Waals surface area contributed by atoms with Crippen LogP contribution < -0.4 is 0 Å². The lowest BCUT2D eigenvalue weighted by molar-refractivity contribution is -0.152. The molecule has 1 aliphatic carbocycles. The molecule has 1 saturated carbocycles. The van der Waals surface area contributed by atoms with Crippen LogP contribution in [0.5, 0.6) is 0 Å². The molecular weight excluding hydrogens is 204 g/mol. The predicted octanol–water partition coefficient (Wildman–Crippen LogP) is 2.73. The van der Waals surface area contributed by atoms with Crippen molar-refractivity contribution in [1.29, 1.82) is 0 Å². The molecule has 2 unspecified atom stereocenters. The number of hydrogen-bond acceptors (Lipinski definition) is 3. The largest absolute Gasteiger partial charge is 0.466 e. The van der Waals surface area contributed by atoms with E-state index in [2.05, 4.69) is 6.92 Å². The van der Waals surface area contributed by atoms with Crippen molar-refractivity contribution in [1.82, 2.24) is 0 Å². The molecule has 0 aliphatic heterocycles. The zero-order chi connectivity index (χ0) is 12.0. The van der Waals surface area contributed by atoms with Crippen molar-refractivity contribution in [2.24, 2.45) is 11.8 Å². The van der Waals surface area contributed by atoms with Crippen molar-refractivity contribution in [3.05, 3.63) is 0 Å². The van der Waals surface area contributed by atoms with E-state index >= 15 is 0 Å². The normalized spacial score (nSPS) is 25.5. The molecule has 0 amide bonds. The van der Waals surface area contributed by atoms with E-state index in [0.29, 0.717) is 31.7 Å². The fourth-order valence-electron chi connectivity index (χ4n) is 2.42. The molecule has 2 atom stereocenters. The van der Waals surface area contributed by atoms with Gasteiger partial charge in [0.2, 0.25) is 0 Å². The topological polar surface area (TPSA) is 43.4 Å². The van der Waals surface area contributed by atoms with Crippen LogP contribution in [0.2, 0.25) is 0 Å². The first-order chi connectivity index (χ1) is 7.69. The zero-order valence-electron chi connectivity index (χ0n) is 10.3. The number of rotatable bonds is 5. The molecule has 0 heterocycles. The van der Waals surface area contributed by atoms with Gasteiger partial charge in [-0.05, 0) is 25.7 Å². The second-order valence-corrected chi connectivity index (χ2v) is 4.54. The Morgan fingerprint density at radius 1 is 1.44 bits per heavy atom. The third-order valence-corrected chi connectivity index (χ3v) is 3.31. The van der Waals surface area contributed by atoms with E-state index in [1.807, 2.05) is 6.92 Å². The molecule has 16 heavy (non-hydrogen) atoms. The predicted molar refractivity (Wildman–Crippen MR) is 62.0 cm³/mol. The average Bonchev–Trinajstić information content (AvgIpc) is 2.26. The number of esters is 1. The van der Waals surface area contributed by atoms with E-state index in [1.54, 1.807) is 0 Å². The lowest BCUT2D eigenvalue weighted by Gasteiger charge is -2.28. The van der Waals surface area contributed by atoms with E-state index in [9.17, 15) is 9.59 Å². The summed E-state index contributed by atoms with van der Waals surface area (Å²) in [5, 5.41) is 0.